The Kier molecular flexibility index (Phi) is 2.69. The minimum Gasteiger partial charge on any atom is -0.290 e. The average molecular weight is 292 g/mol. The van der Waals surface area contributed by atoms with Crippen LogP contribution in [-0.2, 0) is 6.54 Å². The summed E-state index contributed by atoms with van der Waals surface area (Å²) in [5.41, 5.74) is 0.425. The van der Waals surface area contributed by atoms with Crippen molar-refractivity contribution in [1.29, 1.82) is 0 Å². The molecule has 0 saturated carbocycles. The Bertz CT molecular complexity index is 1100. The molecule has 6 heteroatoms. The molecule has 2 heterocycles. The number of nitrogens with one attached hydrogen (secondary N) is 2. The molecule has 0 unspecified atom stereocenters. The van der Waals surface area contributed by atoms with Gasteiger partial charge >= 0.3 is 5.69 Å². The minimum atomic E-state index is -0.548. The molecule has 108 valence electrons. The maximum atomic E-state index is 11.7. The van der Waals surface area contributed by atoms with E-state index in [-0.39, 0.29) is 0 Å². The quantitative estimate of drug-likeness (QED) is 0.589. The second kappa shape index (κ2) is 4.70. The fourth-order valence-electron chi connectivity index (χ4n) is 2.67. The molecule has 0 bridgehead atoms. The first kappa shape index (κ1) is 12.6. The van der Waals surface area contributed by atoms with E-state index in [0.717, 1.165) is 16.3 Å². The molecule has 0 atom stereocenters. The van der Waals surface area contributed by atoms with E-state index < -0.39 is 11.2 Å². The summed E-state index contributed by atoms with van der Waals surface area (Å²) >= 11 is 0. The van der Waals surface area contributed by atoms with Crippen LogP contribution < -0.4 is 11.2 Å². The van der Waals surface area contributed by atoms with E-state index in [1.807, 2.05) is 24.3 Å². The smallest absolute Gasteiger partial charge is 0.290 e. The van der Waals surface area contributed by atoms with Crippen LogP contribution in [0.3, 0.4) is 0 Å². The molecule has 0 radical (unpaired) electrons. The van der Waals surface area contributed by atoms with E-state index in [4.69, 9.17) is 0 Å². The van der Waals surface area contributed by atoms with Crippen molar-refractivity contribution in [2.24, 2.45) is 0 Å². The third kappa shape index (κ3) is 2.01. The summed E-state index contributed by atoms with van der Waals surface area (Å²) in [6.07, 6.45) is 1.64. The Morgan fingerprint density at radius 2 is 1.77 bits per heavy atom. The first-order valence-electron chi connectivity index (χ1n) is 6.87. The van der Waals surface area contributed by atoms with Crippen molar-refractivity contribution in [2.75, 3.05) is 0 Å². The van der Waals surface area contributed by atoms with Crippen molar-refractivity contribution in [1.82, 2.24) is 19.7 Å². The molecule has 0 amide bonds. The van der Waals surface area contributed by atoms with E-state index in [1.54, 1.807) is 10.9 Å². The summed E-state index contributed by atoms with van der Waals surface area (Å²) in [5.74, 6) is 0. The predicted octanol–water partition coefficient (Wildman–Crippen LogP) is 1.61. The second-order valence-electron chi connectivity index (χ2n) is 5.14. The van der Waals surface area contributed by atoms with Gasteiger partial charge in [0.2, 0.25) is 0 Å². The summed E-state index contributed by atoms with van der Waals surface area (Å²) in [7, 11) is 0. The summed E-state index contributed by atoms with van der Waals surface area (Å²) in [4.78, 5) is 27.8. The molecular formula is C16H12N4O2. The topological polar surface area (TPSA) is 83.5 Å². The maximum absolute atomic E-state index is 11.7. The lowest BCUT2D eigenvalue weighted by Crippen LogP contribution is -2.21. The van der Waals surface area contributed by atoms with Gasteiger partial charge in [-0.2, -0.15) is 5.10 Å². The van der Waals surface area contributed by atoms with Gasteiger partial charge in [-0.15, -0.1) is 0 Å². The summed E-state index contributed by atoms with van der Waals surface area (Å²) in [5, 5.41) is 6.95. The number of hydrogen-bond donors (Lipinski definition) is 2. The molecule has 0 aliphatic heterocycles. The SMILES string of the molecule is O=c1[nH]c(=O)c2cn(Cc3cccc4ccccc34)nc2[nH]1. The summed E-state index contributed by atoms with van der Waals surface area (Å²) in [6.45, 7) is 0.525. The molecule has 0 fully saturated rings. The lowest BCUT2D eigenvalue weighted by atomic mass is 10.0. The zero-order valence-corrected chi connectivity index (χ0v) is 11.5. The fraction of sp³-hybridized carbons (Fsp3) is 0.0625. The average Bonchev–Trinajstić information content (AvgIpc) is 2.90. The van der Waals surface area contributed by atoms with Gasteiger partial charge in [-0.1, -0.05) is 42.5 Å². The van der Waals surface area contributed by atoms with Crippen molar-refractivity contribution in [3.8, 4) is 0 Å². The molecule has 6 nitrogen and oxygen atoms in total. The van der Waals surface area contributed by atoms with Gasteiger partial charge in [-0.25, -0.2) is 4.79 Å². The molecule has 0 saturated heterocycles. The highest BCUT2D eigenvalue weighted by molar-refractivity contribution is 5.85. The van der Waals surface area contributed by atoms with Gasteiger partial charge in [0.25, 0.3) is 5.56 Å². The Morgan fingerprint density at radius 3 is 2.68 bits per heavy atom. The van der Waals surface area contributed by atoms with Crippen LogP contribution in [-0.4, -0.2) is 19.7 Å². The Labute approximate surface area is 124 Å². The summed E-state index contributed by atoms with van der Waals surface area (Å²) < 4.78 is 1.66. The van der Waals surface area contributed by atoms with Gasteiger partial charge in [-0.3, -0.25) is 19.4 Å². The van der Waals surface area contributed by atoms with Gasteiger partial charge in [0.15, 0.2) is 5.65 Å². The molecular weight excluding hydrogens is 280 g/mol. The Morgan fingerprint density at radius 1 is 0.955 bits per heavy atom. The van der Waals surface area contributed by atoms with Crippen LogP contribution in [0.2, 0.25) is 0 Å². The highest BCUT2D eigenvalue weighted by Gasteiger charge is 2.08. The largest absolute Gasteiger partial charge is 0.327 e. The Hall–Kier alpha value is -3.15. The third-order valence-corrected chi connectivity index (χ3v) is 3.68. The maximum Gasteiger partial charge on any atom is 0.327 e. The number of rotatable bonds is 2. The zero-order valence-electron chi connectivity index (χ0n) is 11.5. The molecule has 0 spiro atoms. The highest BCUT2D eigenvalue weighted by atomic mass is 16.2. The van der Waals surface area contributed by atoms with Crippen LogP contribution in [0.1, 0.15) is 5.56 Å². The molecule has 4 rings (SSSR count). The number of fused-ring (bicyclic) bond motifs is 2. The van der Waals surface area contributed by atoms with Gasteiger partial charge < -0.3 is 0 Å². The van der Waals surface area contributed by atoms with Crippen LogP contribution in [0.5, 0.6) is 0 Å². The van der Waals surface area contributed by atoms with E-state index in [1.165, 1.54) is 0 Å². The molecule has 4 aromatic rings. The molecule has 22 heavy (non-hydrogen) atoms. The predicted molar refractivity (Wildman–Crippen MR) is 84.0 cm³/mol. The van der Waals surface area contributed by atoms with Crippen molar-refractivity contribution >= 4 is 21.8 Å². The van der Waals surface area contributed by atoms with Gasteiger partial charge in [0.1, 0.15) is 5.39 Å². The number of H-pyrrole nitrogens is 2. The van der Waals surface area contributed by atoms with E-state index in [0.29, 0.717) is 17.6 Å². The number of hydrogen-bond acceptors (Lipinski definition) is 3. The number of nitrogens with zero attached hydrogens (tertiary/aromatic N) is 2. The molecule has 0 aliphatic rings. The molecule has 2 N–H and O–H groups in total. The van der Waals surface area contributed by atoms with Crippen LogP contribution >= 0.6 is 0 Å². The zero-order chi connectivity index (χ0) is 15.1. The Balaban J connectivity index is 1.84. The molecule has 2 aromatic heterocycles. The number of aromatic amines is 2. The van der Waals surface area contributed by atoms with E-state index >= 15 is 0 Å². The first-order chi connectivity index (χ1) is 10.7. The van der Waals surface area contributed by atoms with Crippen LogP contribution in [0.25, 0.3) is 21.8 Å². The summed E-state index contributed by atoms with van der Waals surface area (Å²) in [6, 6.07) is 14.2. The lowest BCUT2D eigenvalue weighted by Gasteiger charge is -2.06. The standard InChI is InChI=1S/C16H12N4O2/c21-15-13-9-20(19-14(13)17-16(22)18-15)8-11-6-3-5-10-4-1-2-7-12(10)11/h1-7,9H,8H2,(H2,17,18,19,21,22). The van der Waals surface area contributed by atoms with E-state index in [9.17, 15) is 9.59 Å². The number of aromatic nitrogens is 4. The lowest BCUT2D eigenvalue weighted by molar-refractivity contribution is 0.696. The first-order valence-corrected chi connectivity index (χ1v) is 6.87. The van der Waals surface area contributed by atoms with Crippen LogP contribution in [0.15, 0.2) is 58.3 Å². The van der Waals surface area contributed by atoms with Crippen molar-refractivity contribution in [3.05, 3.63) is 75.1 Å². The van der Waals surface area contributed by atoms with Crippen LogP contribution in [0.4, 0.5) is 0 Å². The van der Waals surface area contributed by atoms with Gasteiger partial charge in [0.05, 0.1) is 6.54 Å². The van der Waals surface area contributed by atoms with Gasteiger partial charge in [0, 0.05) is 6.20 Å². The molecule has 2 aromatic carbocycles. The van der Waals surface area contributed by atoms with E-state index in [2.05, 4.69) is 33.3 Å². The third-order valence-electron chi connectivity index (χ3n) is 3.68. The molecule has 0 aliphatic carbocycles. The minimum absolute atomic E-state index is 0.300. The monoisotopic (exact) mass is 292 g/mol. The fourth-order valence-corrected chi connectivity index (χ4v) is 2.67. The van der Waals surface area contributed by atoms with Gasteiger partial charge in [-0.05, 0) is 16.3 Å². The number of benzene rings is 2. The van der Waals surface area contributed by atoms with Crippen molar-refractivity contribution in [2.45, 2.75) is 6.54 Å². The van der Waals surface area contributed by atoms with Crippen molar-refractivity contribution in [3.63, 3.8) is 0 Å². The normalized spacial score (nSPS) is 11.3. The van der Waals surface area contributed by atoms with Crippen LogP contribution in [0, 0.1) is 0 Å². The second-order valence-corrected chi connectivity index (χ2v) is 5.14. The van der Waals surface area contributed by atoms with Crippen molar-refractivity contribution < 1.29 is 0 Å². The highest BCUT2D eigenvalue weighted by Crippen LogP contribution is 2.19.